The van der Waals surface area contributed by atoms with E-state index in [1.54, 1.807) is 0 Å². The van der Waals surface area contributed by atoms with Gasteiger partial charge in [0.15, 0.2) is 0 Å². The number of imide groups is 1. The quantitative estimate of drug-likeness (QED) is 0.723. The molecule has 3 amide bonds. The lowest BCUT2D eigenvalue weighted by Crippen LogP contribution is -2.46. The molecule has 1 N–H and O–H groups in total. The number of hydrogen-bond donors (Lipinski definition) is 1. The van der Waals surface area contributed by atoms with Crippen LogP contribution in [0.3, 0.4) is 0 Å². The summed E-state index contributed by atoms with van der Waals surface area (Å²) in [6, 6.07) is 0. The molecular formula is C9H13ClN2O3. The van der Waals surface area contributed by atoms with Crippen molar-refractivity contribution in [2.75, 3.05) is 0 Å². The normalized spacial score (nSPS) is 14.8. The topological polar surface area (TPSA) is 66.5 Å². The molecule has 0 aromatic heterocycles. The summed E-state index contributed by atoms with van der Waals surface area (Å²) in [5, 5.41) is 0.743. The second kappa shape index (κ2) is 5.50. The predicted octanol–water partition coefficient (Wildman–Crippen LogP) is 0.555. The van der Waals surface area contributed by atoms with Crippen molar-refractivity contribution in [3.05, 3.63) is 11.6 Å². The SMILES string of the molecule is CCCC(=O)NN1C(=O)C=C(C)C1=O.Cl. The van der Waals surface area contributed by atoms with Gasteiger partial charge in [0, 0.05) is 18.1 Å². The summed E-state index contributed by atoms with van der Waals surface area (Å²) in [4.78, 5) is 33.5. The highest BCUT2D eigenvalue weighted by Crippen LogP contribution is 2.09. The first kappa shape index (κ1) is 13.6. The van der Waals surface area contributed by atoms with Crippen LogP contribution in [0.1, 0.15) is 26.7 Å². The van der Waals surface area contributed by atoms with Gasteiger partial charge in [-0.3, -0.25) is 19.8 Å². The van der Waals surface area contributed by atoms with E-state index in [4.69, 9.17) is 0 Å². The smallest absolute Gasteiger partial charge is 0.273 e. The average molecular weight is 233 g/mol. The molecule has 84 valence electrons. The lowest BCUT2D eigenvalue weighted by atomic mass is 10.3. The minimum atomic E-state index is -0.489. The molecule has 0 aliphatic carbocycles. The fourth-order valence-corrected chi connectivity index (χ4v) is 1.10. The first-order chi connectivity index (χ1) is 6.56. The van der Waals surface area contributed by atoms with Gasteiger partial charge < -0.3 is 0 Å². The van der Waals surface area contributed by atoms with Gasteiger partial charge in [0.1, 0.15) is 0 Å². The van der Waals surface area contributed by atoms with E-state index in [-0.39, 0.29) is 18.3 Å². The number of nitrogens with one attached hydrogen (secondary N) is 1. The second-order valence-corrected chi connectivity index (χ2v) is 3.09. The Morgan fingerprint density at radius 1 is 1.47 bits per heavy atom. The Morgan fingerprint density at radius 3 is 2.47 bits per heavy atom. The van der Waals surface area contributed by atoms with E-state index in [0.29, 0.717) is 18.4 Å². The van der Waals surface area contributed by atoms with Gasteiger partial charge in [-0.25, -0.2) is 0 Å². The number of hydrogen-bond acceptors (Lipinski definition) is 3. The standard InChI is InChI=1S/C9H12N2O3.ClH/c1-3-4-7(12)10-11-8(13)5-6(2)9(11)14;/h5H,3-4H2,1-2H3,(H,10,12);1H. The predicted molar refractivity (Wildman–Crippen MR) is 55.9 cm³/mol. The van der Waals surface area contributed by atoms with Gasteiger partial charge in [-0.05, 0) is 13.3 Å². The molecule has 0 atom stereocenters. The number of carbonyl (C=O) groups excluding carboxylic acids is 3. The van der Waals surface area contributed by atoms with E-state index >= 15 is 0 Å². The number of rotatable bonds is 3. The van der Waals surface area contributed by atoms with Crippen LogP contribution in [0.2, 0.25) is 0 Å². The van der Waals surface area contributed by atoms with Crippen molar-refractivity contribution in [1.29, 1.82) is 0 Å². The van der Waals surface area contributed by atoms with Gasteiger partial charge in [0.25, 0.3) is 11.8 Å². The molecule has 0 unspecified atom stereocenters. The van der Waals surface area contributed by atoms with E-state index in [2.05, 4.69) is 5.43 Å². The molecule has 6 heteroatoms. The van der Waals surface area contributed by atoms with Gasteiger partial charge in [-0.15, -0.1) is 12.4 Å². The summed E-state index contributed by atoms with van der Waals surface area (Å²) in [5.41, 5.74) is 2.59. The van der Waals surface area contributed by atoms with Crippen molar-refractivity contribution < 1.29 is 14.4 Å². The van der Waals surface area contributed by atoms with Crippen LogP contribution in [-0.4, -0.2) is 22.7 Å². The van der Waals surface area contributed by atoms with Crippen LogP contribution >= 0.6 is 12.4 Å². The van der Waals surface area contributed by atoms with Gasteiger partial charge in [-0.2, -0.15) is 5.01 Å². The van der Waals surface area contributed by atoms with Gasteiger partial charge in [-0.1, -0.05) is 6.92 Å². The molecule has 0 saturated heterocycles. The van der Waals surface area contributed by atoms with Crippen LogP contribution in [0, 0.1) is 0 Å². The van der Waals surface area contributed by atoms with Crippen LogP contribution in [0.15, 0.2) is 11.6 Å². The molecule has 1 rings (SSSR count). The zero-order chi connectivity index (χ0) is 10.7. The average Bonchev–Trinajstić information content (AvgIpc) is 2.33. The fraction of sp³-hybridized carbons (Fsp3) is 0.444. The molecule has 0 saturated carbocycles. The Morgan fingerprint density at radius 2 is 2.07 bits per heavy atom. The summed E-state index contributed by atoms with van der Waals surface area (Å²) in [5.74, 6) is -1.27. The van der Waals surface area contributed by atoms with E-state index in [9.17, 15) is 14.4 Å². The number of hydrazine groups is 1. The number of carbonyl (C=O) groups is 3. The van der Waals surface area contributed by atoms with Crippen molar-refractivity contribution >= 4 is 30.1 Å². The molecule has 1 aliphatic heterocycles. The van der Waals surface area contributed by atoms with Crippen LogP contribution in [0.5, 0.6) is 0 Å². The fourth-order valence-electron chi connectivity index (χ4n) is 1.10. The third-order valence-corrected chi connectivity index (χ3v) is 1.81. The largest absolute Gasteiger partial charge is 0.275 e. The van der Waals surface area contributed by atoms with Crippen LogP contribution in [0.25, 0.3) is 0 Å². The maximum atomic E-state index is 11.3. The molecule has 0 bridgehead atoms. The van der Waals surface area contributed by atoms with Gasteiger partial charge in [0.05, 0.1) is 0 Å². The molecule has 15 heavy (non-hydrogen) atoms. The molecule has 1 aliphatic rings. The Hall–Kier alpha value is -1.36. The monoisotopic (exact) mass is 232 g/mol. The summed E-state index contributed by atoms with van der Waals surface area (Å²) in [6.45, 7) is 3.38. The number of amides is 3. The maximum Gasteiger partial charge on any atom is 0.275 e. The van der Waals surface area contributed by atoms with Crippen LogP contribution < -0.4 is 5.43 Å². The maximum absolute atomic E-state index is 11.3. The summed E-state index contributed by atoms with van der Waals surface area (Å²) < 4.78 is 0. The molecular weight excluding hydrogens is 220 g/mol. The highest BCUT2D eigenvalue weighted by atomic mass is 35.5. The van der Waals surface area contributed by atoms with Crippen LogP contribution in [0.4, 0.5) is 0 Å². The van der Waals surface area contributed by atoms with E-state index in [1.807, 2.05) is 6.92 Å². The molecule has 0 fully saturated rings. The Labute approximate surface area is 93.9 Å². The summed E-state index contributed by atoms with van der Waals surface area (Å²) >= 11 is 0. The van der Waals surface area contributed by atoms with Gasteiger partial charge >= 0.3 is 0 Å². The lowest BCUT2D eigenvalue weighted by Gasteiger charge is -2.14. The minimum Gasteiger partial charge on any atom is -0.273 e. The van der Waals surface area contributed by atoms with Gasteiger partial charge in [0.2, 0.25) is 5.91 Å². The highest BCUT2D eigenvalue weighted by Gasteiger charge is 2.29. The Kier molecular flexibility index (Phi) is 5.00. The summed E-state index contributed by atoms with van der Waals surface area (Å²) in [6.07, 6.45) is 2.18. The van der Waals surface area contributed by atoms with Crippen molar-refractivity contribution in [2.45, 2.75) is 26.7 Å². The molecule has 0 radical (unpaired) electrons. The first-order valence-corrected chi connectivity index (χ1v) is 4.42. The van der Waals surface area contributed by atoms with Crippen molar-refractivity contribution in [2.24, 2.45) is 0 Å². The van der Waals surface area contributed by atoms with Crippen LogP contribution in [-0.2, 0) is 14.4 Å². The Balaban J connectivity index is 0.00000196. The highest BCUT2D eigenvalue weighted by molar-refractivity contribution is 6.16. The molecule has 0 aromatic carbocycles. The molecule has 0 aromatic rings. The summed E-state index contributed by atoms with van der Waals surface area (Å²) in [7, 11) is 0. The van der Waals surface area contributed by atoms with Crippen molar-refractivity contribution in [1.82, 2.24) is 10.4 Å². The zero-order valence-electron chi connectivity index (χ0n) is 8.57. The number of nitrogens with zero attached hydrogens (tertiary/aromatic N) is 1. The minimum absolute atomic E-state index is 0. The third kappa shape index (κ3) is 3.06. The molecule has 5 nitrogen and oxygen atoms in total. The zero-order valence-corrected chi connectivity index (χ0v) is 9.39. The first-order valence-electron chi connectivity index (χ1n) is 4.42. The third-order valence-electron chi connectivity index (χ3n) is 1.81. The van der Waals surface area contributed by atoms with E-state index in [0.717, 1.165) is 5.01 Å². The van der Waals surface area contributed by atoms with E-state index in [1.165, 1.54) is 13.0 Å². The van der Waals surface area contributed by atoms with Crippen molar-refractivity contribution in [3.8, 4) is 0 Å². The number of halogens is 1. The Bertz CT molecular complexity index is 325. The van der Waals surface area contributed by atoms with E-state index < -0.39 is 11.8 Å². The lowest BCUT2D eigenvalue weighted by molar-refractivity contribution is -0.146. The molecule has 1 heterocycles. The second-order valence-electron chi connectivity index (χ2n) is 3.09. The molecule has 0 spiro atoms. The van der Waals surface area contributed by atoms with Crippen molar-refractivity contribution in [3.63, 3.8) is 0 Å².